The van der Waals surface area contributed by atoms with E-state index in [1.807, 2.05) is 0 Å². The van der Waals surface area contributed by atoms with Crippen molar-refractivity contribution in [2.75, 3.05) is 0 Å². The lowest BCUT2D eigenvalue weighted by molar-refractivity contribution is 0.419. The second kappa shape index (κ2) is 4.27. The molecule has 1 aliphatic rings. The number of allylic oxidation sites excluding steroid dienone is 1. The lowest BCUT2D eigenvalue weighted by atomic mass is 9.90. The van der Waals surface area contributed by atoms with Gasteiger partial charge in [0.15, 0.2) is 0 Å². The van der Waals surface area contributed by atoms with Gasteiger partial charge in [-0.25, -0.2) is 0 Å². The molecule has 0 N–H and O–H groups in total. The van der Waals surface area contributed by atoms with E-state index in [9.17, 15) is 0 Å². The molecular formula is C11H22Si. The van der Waals surface area contributed by atoms with E-state index in [1.54, 1.807) is 0 Å². The third kappa shape index (κ3) is 4.10. The summed E-state index contributed by atoms with van der Waals surface area (Å²) in [4.78, 5) is 0. The van der Waals surface area contributed by atoms with Gasteiger partial charge >= 0.3 is 0 Å². The van der Waals surface area contributed by atoms with Gasteiger partial charge < -0.3 is 0 Å². The number of hydrogen-bond donors (Lipinski definition) is 0. The normalized spacial score (nSPS) is 21.9. The van der Waals surface area contributed by atoms with Crippen LogP contribution in [0, 0.1) is 5.92 Å². The fourth-order valence-corrected chi connectivity index (χ4v) is 2.60. The van der Waals surface area contributed by atoms with Crippen molar-refractivity contribution in [3.63, 3.8) is 0 Å². The molecule has 0 aliphatic heterocycles. The van der Waals surface area contributed by atoms with Gasteiger partial charge in [-0.15, -0.1) is 0 Å². The molecule has 0 heterocycles. The Morgan fingerprint density at radius 1 is 1.00 bits per heavy atom. The quantitative estimate of drug-likeness (QED) is 0.566. The third-order valence-electron chi connectivity index (χ3n) is 2.52. The SMILES string of the molecule is C[Si](C)(C)C=CC1CCCCC1. The van der Waals surface area contributed by atoms with Crippen molar-refractivity contribution in [3.8, 4) is 0 Å². The van der Waals surface area contributed by atoms with Crippen molar-refractivity contribution in [1.29, 1.82) is 0 Å². The van der Waals surface area contributed by atoms with E-state index >= 15 is 0 Å². The van der Waals surface area contributed by atoms with Crippen molar-refractivity contribution in [3.05, 3.63) is 11.8 Å². The Kier molecular flexibility index (Phi) is 3.57. The van der Waals surface area contributed by atoms with Crippen LogP contribution in [0.25, 0.3) is 0 Å². The molecule has 0 atom stereocenters. The van der Waals surface area contributed by atoms with Crippen LogP contribution in [0.3, 0.4) is 0 Å². The average molecular weight is 182 g/mol. The van der Waals surface area contributed by atoms with Gasteiger partial charge in [-0.3, -0.25) is 0 Å². The van der Waals surface area contributed by atoms with Gasteiger partial charge in [-0.2, -0.15) is 0 Å². The van der Waals surface area contributed by atoms with Crippen LogP contribution in [-0.2, 0) is 0 Å². The highest BCUT2D eigenvalue weighted by Crippen LogP contribution is 2.25. The standard InChI is InChI=1S/C11H22Si/c1-12(2,3)10-9-11-7-5-4-6-8-11/h9-11H,4-8H2,1-3H3. The Bertz CT molecular complexity index is 147. The van der Waals surface area contributed by atoms with Gasteiger partial charge in [0, 0.05) is 0 Å². The topological polar surface area (TPSA) is 0 Å². The zero-order valence-electron chi connectivity index (χ0n) is 8.77. The Hall–Kier alpha value is -0.0431. The average Bonchev–Trinajstić information content (AvgIpc) is 2.02. The third-order valence-corrected chi connectivity index (χ3v) is 3.71. The molecule has 0 aromatic carbocycles. The molecule has 1 fully saturated rings. The van der Waals surface area contributed by atoms with Gasteiger partial charge in [0.05, 0.1) is 8.07 Å². The van der Waals surface area contributed by atoms with Gasteiger partial charge in [0.2, 0.25) is 0 Å². The zero-order chi connectivity index (χ0) is 9.03. The summed E-state index contributed by atoms with van der Waals surface area (Å²) in [5, 5.41) is 0. The summed E-state index contributed by atoms with van der Waals surface area (Å²) in [6.45, 7) is 7.23. The van der Waals surface area contributed by atoms with E-state index in [0.29, 0.717) is 0 Å². The van der Waals surface area contributed by atoms with Crippen LogP contribution >= 0.6 is 0 Å². The fourth-order valence-electron chi connectivity index (χ4n) is 1.75. The predicted octanol–water partition coefficient (Wildman–Crippen LogP) is 4.00. The fraction of sp³-hybridized carbons (Fsp3) is 0.818. The van der Waals surface area contributed by atoms with Crippen molar-refractivity contribution >= 4 is 8.07 Å². The summed E-state index contributed by atoms with van der Waals surface area (Å²) in [7, 11) is -0.922. The monoisotopic (exact) mass is 182 g/mol. The molecule has 1 heteroatoms. The Balaban J connectivity index is 2.33. The Morgan fingerprint density at radius 2 is 1.58 bits per heavy atom. The Labute approximate surface area is 78.1 Å². The first kappa shape index (κ1) is 10.0. The first-order chi connectivity index (χ1) is 5.58. The first-order valence-electron chi connectivity index (χ1n) is 5.27. The maximum Gasteiger partial charge on any atom is 0.0682 e. The second-order valence-electron chi connectivity index (χ2n) is 5.12. The van der Waals surface area contributed by atoms with E-state index in [2.05, 4.69) is 31.4 Å². The number of rotatable bonds is 2. The molecule has 0 saturated heterocycles. The van der Waals surface area contributed by atoms with Crippen molar-refractivity contribution < 1.29 is 0 Å². The van der Waals surface area contributed by atoms with E-state index in [4.69, 9.17) is 0 Å². The maximum atomic E-state index is 2.52. The highest BCUT2D eigenvalue weighted by atomic mass is 28.3. The van der Waals surface area contributed by atoms with E-state index in [1.165, 1.54) is 32.1 Å². The van der Waals surface area contributed by atoms with E-state index in [0.717, 1.165) is 5.92 Å². The summed E-state index contributed by atoms with van der Waals surface area (Å²) >= 11 is 0. The van der Waals surface area contributed by atoms with Crippen LogP contribution < -0.4 is 0 Å². The molecule has 1 aliphatic carbocycles. The maximum absolute atomic E-state index is 2.52. The molecule has 0 amide bonds. The second-order valence-corrected chi connectivity index (χ2v) is 10.2. The summed E-state index contributed by atoms with van der Waals surface area (Å²) in [6, 6.07) is 0. The molecular weight excluding hydrogens is 160 g/mol. The largest absolute Gasteiger partial charge is 0.0986 e. The van der Waals surface area contributed by atoms with Crippen LogP contribution in [-0.4, -0.2) is 8.07 Å². The van der Waals surface area contributed by atoms with Crippen LogP contribution in [0.4, 0.5) is 0 Å². The summed E-state index contributed by atoms with van der Waals surface area (Å²) in [6.07, 6.45) is 9.78. The minimum atomic E-state index is -0.922. The number of hydrogen-bond acceptors (Lipinski definition) is 0. The molecule has 1 rings (SSSR count). The molecule has 0 spiro atoms. The lowest BCUT2D eigenvalue weighted by Gasteiger charge is -2.19. The minimum absolute atomic E-state index is 0.922. The molecule has 0 radical (unpaired) electrons. The summed E-state index contributed by atoms with van der Waals surface area (Å²) in [5.74, 6) is 0.922. The van der Waals surface area contributed by atoms with Gasteiger partial charge in [-0.1, -0.05) is 50.7 Å². The predicted molar refractivity (Wildman–Crippen MR) is 59.1 cm³/mol. The molecule has 1 saturated carbocycles. The molecule has 0 unspecified atom stereocenters. The Morgan fingerprint density at radius 3 is 2.08 bits per heavy atom. The van der Waals surface area contributed by atoms with Gasteiger partial charge in [0.1, 0.15) is 0 Å². The van der Waals surface area contributed by atoms with E-state index in [-0.39, 0.29) is 0 Å². The van der Waals surface area contributed by atoms with Gasteiger partial charge in [0.25, 0.3) is 0 Å². The minimum Gasteiger partial charge on any atom is -0.0986 e. The van der Waals surface area contributed by atoms with E-state index < -0.39 is 8.07 Å². The summed E-state index contributed by atoms with van der Waals surface area (Å²) < 4.78 is 0. The highest BCUT2D eigenvalue weighted by molar-refractivity contribution is 6.80. The lowest BCUT2D eigenvalue weighted by Crippen LogP contribution is -2.16. The van der Waals surface area contributed by atoms with Crippen molar-refractivity contribution in [1.82, 2.24) is 0 Å². The van der Waals surface area contributed by atoms with Gasteiger partial charge in [-0.05, 0) is 18.8 Å². The zero-order valence-corrected chi connectivity index (χ0v) is 9.77. The molecule has 0 aromatic rings. The van der Waals surface area contributed by atoms with Crippen molar-refractivity contribution in [2.45, 2.75) is 51.7 Å². The first-order valence-corrected chi connectivity index (χ1v) is 8.85. The van der Waals surface area contributed by atoms with Crippen LogP contribution in [0.15, 0.2) is 11.8 Å². The molecule has 0 bridgehead atoms. The molecule has 0 aromatic heterocycles. The summed E-state index contributed by atoms with van der Waals surface area (Å²) in [5.41, 5.74) is 2.52. The van der Waals surface area contributed by atoms with Crippen molar-refractivity contribution in [2.24, 2.45) is 5.92 Å². The highest BCUT2D eigenvalue weighted by Gasteiger charge is 2.12. The van der Waals surface area contributed by atoms with Crippen LogP contribution in [0.5, 0.6) is 0 Å². The van der Waals surface area contributed by atoms with Crippen LogP contribution in [0.1, 0.15) is 32.1 Å². The smallest absolute Gasteiger partial charge is 0.0682 e. The molecule has 12 heavy (non-hydrogen) atoms. The molecule has 0 nitrogen and oxygen atoms in total. The molecule has 70 valence electrons. The van der Waals surface area contributed by atoms with Crippen LogP contribution in [0.2, 0.25) is 19.6 Å².